The second-order valence-corrected chi connectivity index (χ2v) is 33.6. The maximum atomic E-state index is 13.1. The largest absolute Gasteiger partial charge is 0.503 e. The lowest BCUT2D eigenvalue weighted by Crippen LogP contribution is -2.39. The molecule has 1 fully saturated rings. The molecule has 9 rings (SSSR count). The molecule has 0 aliphatic carbocycles. The SMILES string of the molecule is COC(=O)c1ccc([C@H](C)OC(=O)N(CCCn2cccc(O)c2=O)CCN(C)C)cc1.COC(=O)c1ccc([C@H](C)OC(=O)N(CCCn2cccc(O)c2=O)CCOCCN2CCOCC2)cc1.COC(=O)c1ccc([C@H](C)OC(=O)N(CCCn2cccc(O)c2=O)CCOCCP(=O)(O)OC)cc1.COCCN(CCCn1cccc(O)c1=O)C(=O)O[C@@H](C)c1ccc(C(=O)OC)cc1. The number of amides is 4. The van der Waals surface area contributed by atoms with Crippen LogP contribution >= 0.6 is 7.60 Å². The van der Waals surface area contributed by atoms with Gasteiger partial charge in [0.1, 0.15) is 24.4 Å². The summed E-state index contributed by atoms with van der Waals surface area (Å²) in [6.07, 6.45) is 3.70. The Kier molecular flexibility index (Phi) is 49.6. The monoisotopic (exact) mass is 1950 g/mol. The number of likely N-dealkylation sites (N-methyl/N-ethyl adjacent to an activating group) is 1. The second kappa shape index (κ2) is 60.4. The van der Waals surface area contributed by atoms with Gasteiger partial charge in [0.15, 0.2) is 23.0 Å². The van der Waals surface area contributed by atoms with E-state index in [-0.39, 0.29) is 62.0 Å². The van der Waals surface area contributed by atoms with Gasteiger partial charge < -0.3 is 129 Å². The van der Waals surface area contributed by atoms with Crippen molar-refractivity contribution in [2.24, 2.45) is 0 Å². The number of ether oxygens (including phenoxy) is 12. The van der Waals surface area contributed by atoms with Crippen molar-refractivity contribution in [3.8, 4) is 23.0 Å². The molecule has 1 aliphatic heterocycles. The molecular weight excluding hydrogens is 1820 g/mol. The molecule has 754 valence electrons. The van der Waals surface area contributed by atoms with Crippen molar-refractivity contribution in [3.63, 3.8) is 0 Å². The maximum absolute atomic E-state index is 13.1. The fraction of sp³-hybridized carbons (Fsp3) is 0.458. The molecule has 4 amide bonds. The summed E-state index contributed by atoms with van der Waals surface area (Å²) in [5.74, 6) is -3.08. The number of hydrogen-bond acceptors (Lipinski definition) is 32. The van der Waals surface area contributed by atoms with Crippen LogP contribution in [0.3, 0.4) is 0 Å². The number of carbonyl (C=O) groups is 8. The summed E-state index contributed by atoms with van der Waals surface area (Å²) in [7, 11) is 8.06. The van der Waals surface area contributed by atoms with Crippen LogP contribution in [-0.4, -0.2) is 309 Å². The zero-order chi connectivity index (χ0) is 101. The fourth-order valence-electron chi connectivity index (χ4n) is 13.3. The van der Waals surface area contributed by atoms with Gasteiger partial charge in [0, 0.05) is 144 Å². The summed E-state index contributed by atoms with van der Waals surface area (Å²) >= 11 is 0. The molecule has 5 atom stereocenters. The van der Waals surface area contributed by atoms with Crippen molar-refractivity contribution in [1.29, 1.82) is 0 Å². The van der Waals surface area contributed by atoms with Crippen LogP contribution in [0.25, 0.3) is 0 Å². The van der Waals surface area contributed by atoms with Gasteiger partial charge >= 0.3 is 55.8 Å². The van der Waals surface area contributed by atoms with Crippen LogP contribution in [-0.2, 0) is 92.1 Å². The molecule has 138 heavy (non-hydrogen) atoms. The summed E-state index contributed by atoms with van der Waals surface area (Å²) in [4.78, 5) is 166. The quantitative estimate of drug-likeness (QED) is 0.0102. The van der Waals surface area contributed by atoms with Crippen LogP contribution in [0.15, 0.2) is 190 Å². The number of benzene rings is 4. The molecule has 1 unspecified atom stereocenters. The minimum absolute atomic E-state index is 0.0356. The standard InChI is InChI=1S/C27H37N3O8.C24H33N2O10P.C23H31N3O6.C22H28N2O7/c1-21(22-6-8-23(9-7-22)26(33)35-2)38-27(34)30(12-4-11-29-10-3-5-24(31)25(29)32)16-20-37-19-15-28-13-17-36-18-14-28;1-18(19-7-9-20(10-8-19)23(29)33-2)36-24(30)26(14-15-35-16-17-37(31,32)34-3)13-5-12-25-11-4-6-21(27)22(25)28;1-17(18-8-10-19(11-9-18)22(29)31-4)32-23(30)26(16-15-24(2)3)14-6-13-25-12-5-7-20(27)21(25)28;1-16(17-7-9-18(10-8-17)21(27)30-3)31-22(28)24(14-15-29-2)13-5-12-23-11-4-6-19(25)20(23)26/h3,5-10,21,31H,4,11-20H2,1-2H3;4,6-11,18,27H,5,12-17H2,1-3H3,(H,31,32);5,7-12,17,27H,6,13-16H2,1-4H3;4,6-11,16,25H,5,12-15H2,1-3H3/t21-;18-;17-;16-/m0000/s1. The van der Waals surface area contributed by atoms with E-state index in [1.807, 2.05) is 19.0 Å². The highest BCUT2D eigenvalue weighted by molar-refractivity contribution is 7.52. The average molecular weight is 1950 g/mol. The van der Waals surface area contributed by atoms with E-state index in [1.165, 1.54) is 87.0 Å². The minimum atomic E-state index is -3.69. The maximum Gasteiger partial charge on any atom is 0.410 e. The number of nitrogens with zero attached hydrogens (tertiary/aromatic N) is 10. The van der Waals surface area contributed by atoms with Gasteiger partial charge in [0.25, 0.3) is 22.2 Å². The number of esters is 4. The first kappa shape index (κ1) is 113. The Labute approximate surface area is 800 Å². The molecule has 42 heteroatoms. The van der Waals surface area contributed by atoms with Crippen molar-refractivity contribution in [2.75, 3.05) is 188 Å². The first-order valence-corrected chi connectivity index (χ1v) is 46.4. The van der Waals surface area contributed by atoms with E-state index in [1.54, 1.807) is 185 Å². The molecule has 1 aliphatic rings. The lowest BCUT2D eigenvalue weighted by molar-refractivity contribution is 0.0158. The number of morpholine rings is 1. The third-order valence-corrected chi connectivity index (χ3v) is 22.8. The van der Waals surface area contributed by atoms with Crippen LogP contribution in [0, 0.1) is 0 Å². The van der Waals surface area contributed by atoms with E-state index in [0.29, 0.717) is 139 Å². The number of carbonyl (C=O) groups excluding carboxylic acids is 8. The highest BCUT2D eigenvalue weighted by Gasteiger charge is 2.27. The van der Waals surface area contributed by atoms with Crippen LogP contribution < -0.4 is 22.2 Å². The summed E-state index contributed by atoms with van der Waals surface area (Å²) < 4.78 is 84.5. The summed E-state index contributed by atoms with van der Waals surface area (Å²) in [5, 5.41) is 38.3. The van der Waals surface area contributed by atoms with E-state index in [9.17, 15) is 87.4 Å². The Bertz CT molecular complexity index is 5420. The fourth-order valence-corrected chi connectivity index (χ4v) is 13.8. The van der Waals surface area contributed by atoms with Gasteiger partial charge in [-0.15, -0.1) is 0 Å². The number of aryl methyl sites for hydroxylation is 4. The Morgan fingerprint density at radius 1 is 0.362 bits per heavy atom. The number of hydrogen-bond donors (Lipinski definition) is 5. The van der Waals surface area contributed by atoms with E-state index in [4.69, 9.17) is 47.4 Å². The van der Waals surface area contributed by atoms with E-state index >= 15 is 0 Å². The second-order valence-electron chi connectivity index (χ2n) is 31.5. The predicted molar refractivity (Wildman–Crippen MR) is 506 cm³/mol. The van der Waals surface area contributed by atoms with E-state index in [0.717, 1.165) is 56.6 Å². The lowest BCUT2D eigenvalue weighted by atomic mass is 10.1. The topological polar surface area (TPSA) is 482 Å². The molecule has 5 heterocycles. The summed E-state index contributed by atoms with van der Waals surface area (Å²) in [6, 6.07) is 38.1. The van der Waals surface area contributed by atoms with Gasteiger partial charge in [-0.25, -0.2) is 38.4 Å². The Hall–Kier alpha value is -13.3. The first-order chi connectivity index (χ1) is 66.0. The van der Waals surface area contributed by atoms with E-state index < -0.39 is 102 Å². The van der Waals surface area contributed by atoms with Crippen molar-refractivity contribution in [3.05, 3.63) is 256 Å². The van der Waals surface area contributed by atoms with Gasteiger partial charge in [-0.05, 0) is 187 Å². The minimum Gasteiger partial charge on any atom is -0.503 e. The van der Waals surface area contributed by atoms with Gasteiger partial charge in [-0.3, -0.25) is 28.6 Å². The molecule has 41 nitrogen and oxygen atoms in total. The van der Waals surface area contributed by atoms with Crippen LogP contribution in [0.5, 0.6) is 23.0 Å². The van der Waals surface area contributed by atoms with Gasteiger partial charge in [0.05, 0.1) is 103 Å². The Morgan fingerprint density at radius 2 is 0.630 bits per heavy atom. The molecular formula is C96H129N10O31P. The van der Waals surface area contributed by atoms with Crippen LogP contribution in [0.4, 0.5) is 19.2 Å². The number of pyridine rings is 4. The number of rotatable bonds is 47. The zero-order valence-electron chi connectivity index (χ0n) is 80.0. The van der Waals surface area contributed by atoms with Crippen LogP contribution in [0.1, 0.15) is 141 Å². The molecule has 4 aromatic heterocycles. The molecule has 1 saturated heterocycles. The average Bonchev–Trinajstić information content (AvgIpc) is 0.855. The third kappa shape index (κ3) is 39.1. The molecule has 8 aromatic rings. The van der Waals surface area contributed by atoms with Gasteiger partial charge in [-0.2, -0.15) is 0 Å². The molecule has 0 bridgehead atoms. The molecule has 5 N–H and O–H groups in total. The van der Waals surface area contributed by atoms with Crippen LogP contribution in [0.2, 0.25) is 0 Å². The van der Waals surface area contributed by atoms with Crippen molar-refractivity contribution < 1.29 is 130 Å². The first-order valence-electron chi connectivity index (χ1n) is 44.6. The Morgan fingerprint density at radius 3 is 0.891 bits per heavy atom. The predicted octanol–water partition coefficient (Wildman–Crippen LogP) is 10.1. The summed E-state index contributed by atoms with van der Waals surface area (Å²) in [5.41, 5.74) is 2.56. The smallest absolute Gasteiger partial charge is 0.410 e. The number of aromatic hydroxyl groups is 4. The zero-order valence-corrected chi connectivity index (χ0v) is 80.9. The van der Waals surface area contributed by atoms with Gasteiger partial charge in [-0.1, -0.05) is 48.5 Å². The number of methoxy groups -OCH3 is 5. The molecule has 0 spiro atoms. The molecule has 4 aromatic carbocycles. The highest BCUT2D eigenvalue weighted by Crippen LogP contribution is 2.40. The normalized spacial score (nSPS) is 12.9. The molecule has 0 saturated carbocycles. The van der Waals surface area contributed by atoms with Crippen molar-refractivity contribution >= 4 is 55.8 Å². The Balaban J connectivity index is 0.000000283. The van der Waals surface area contributed by atoms with Crippen molar-refractivity contribution in [2.45, 2.75) is 104 Å². The summed E-state index contributed by atoms with van der Waals surface area (Å²) in [6.45, 7) is 16.7. The van der Waals surface area contributed by atoms with Gasteiger partial charge in [0.2, 0.25) is 0 Å². The highest BCUT2D eigenvalue weighted by atomic mass is 31.2. The van der Waals surface area contributed by atoms with E-state index in [2.05, 4.69) is 18.9 Å². The number of aromatic nitrogens is 4. The lowest BCUT2D eigenvalue weighted by Gasteiger charge is -2.27. The van der Waals surface area contributed by atoms with Crippen molar-refractivity contribution in [1.82, 2.24) is 47.7 Å². The third-order valence-electron chi connectivity index (χ3n) is 21.5. The molecule has 0 radical (unpaired) electrons.